The van der Waals surface area contributed by atoms with Gasteiger partial charge in [0.1, 0.15) is 0 Å². The molecule has 2 rings (SSSR count). The van der Waals surface area contributed by atoms with Crippen LogP contribution in [0.4, 0.5) is 0 Å². The molecule has 2 aromatic carbocycles. The zero-order chi connectivity index (χ0) is 15.9. The lowest BCUT2D eigenvalue weighted by Gasteiger charge is -2.19. The van der Waals surface area contributed by atoms with Gasteiger partial charge in [-0.2, -0.15) is 0 Å². The Balaban J connectivity index is 0.00000264. The Morgan fingerprint density at radius 2 is 1.74 bits per heavy atom. The Labute approximate surface area is 152 Å². The van der Waals surface area contributed by atoms with Crippen LogP contribution in [0, 0.1) is 5.92 Å². The first-order chi connectivity index (χ1) is 10.6. The van der Waals surface area contributed by atoms with Crippen molar-refractivity contribution >= 4 is 34.2 Å². The van der Waals surface area contributed by atoms with Gasteiger partial charge in [0, 0.05) is 17.1 Å². The van der Waals surface area contributed by atoms with Crippen LogP contribution in [0.3, 0.4) is 0 Å². The van der Waals surface area contributed by atoms with Crippen LogP contribution in [0.15, 0.2) is 59.1 Å². The SMILES string of the molecule is CC(C(=O)NCCc1ccc(Br)cc1)C(N)c1ccccc1.Cl. The van der Waals surface area contributed by atoms with Crippen LogP contribution >= 0.6 is 28.3 Å². The smallest absolute Gasteiger partial charge is 0.224 e. The van der Waals surface area contributed by atoms with E-state index in [1.807, 2.05) is 49.4 Å². The van der Waals surface area contributed by atoms with E-state index in [4.69, 9.17) is 5.73 Å². The standard InChI is InChI=1S/C18H21BrN2O.ClH/c1-13(17(20)15-5-3-2-4-6-15)18(22)21-12-11-14-7-9-16(19)10-8-14;/h2-10,13,17H,11-12,20H2,1H3,(H,21,22);1H. The van der Waals surface area contributed by atoms with Gasteiger partial charge in [0.25, 0.3) is 0 Å². The molecule has 3 nitrogen and oxygen atoms in total. The number of benzene rings is 2. The summed E-state index contributed by atoms with van der Waals surface area (Å²) < 4.78 is 1.06. The number of halogens is 2. The number of carbonyl (C=O) groups excluding carboxylic acids is 1. The highest BCUT2D eigenvalue weighted by molar-refractivity contribution is 9.10. The van der Waals surface area contributed by atoms with Gasteiger partial charge >= 0.3 is 0 Å². The zero-order valence-corrected chi connectivity index (χ0v) is 15.4. The number of amides is 1. The molecule has 0 aliphatic rings. The predicted molar refractivity (Wildman–Crippen MR) is 101 cm³/mol. The van der Waals surface area contributed by atoms with Gasteiger partial charge in [-0.3, -0.25) is 4.79 Å². The van der Waals surface area contributed by atoms with E-state index in [1.54, 1.807) is 0 Å². The Kier molecular flexibility index (Phi) is 8.31. The van der Waals surface area contributed by atoms with Crippen LogP contribution < -0.4 is 11.1 Å². The van der Waals surface area contributed by atoms with Crippen molar-refractivity contribution in [3.8, 4) is 0 Å². The van der Waals surface area contributed by atoms with Crippen molar-refractivity contribution in [3.63, 3.8) is 0 Å². The summed E-state index contributed by atoms with van der Waals surface area (Å²) >= 11 is 3.41. The van der Waals surface area contributed by atoms with E-state index in [9.17, 15) is 4.79 Å². The van der Waals surface area contributed by atoms with Crippen molar-refractivity contribution in [2.45, 2.75) is 19.4 Å². The summed E-state index contributed by atoms with van der Waals surface area (Å²) in [6, 6.07) is 17.6. The molecule has 0 heterocycles. The van der Waals surface area contributed by atoms with E-state index in [0.717, 1.165) is 16.5 Å². The molecule has 2 atom stereocenters. The zero-order valence-electron chi connectivity index (χ0n) is 13.0. The van der Waals surface area contributed by atoms with Gasteiger partial charge < -0.3 is 11.1 Å². The lowest BCUT2D eigenvalue weighted by Crippen LogP contribution is -2.36. The van der Waals surface area contributed by atoms with E-state index < -0.39 is 0 Å². The second-order valence-corrected chi connectivity index (χ2v) is 6.31. The van der Waals surface area contributed by atoms with E-state index in [1.165, 1.54) is 5.56 Å². The van der Waals surface area contributed by atoms with Crippen molar-refractivity contribution in [2.24, 2.45) is 11.7 Å². The van der Waals surface area contributed by atoms with Crippen LogP contribution in [0.1, 0.15) is 24.1 Å². The minimum atomic E-state index is -0.283. The first kappa shape index (κ1) is 19.7. The first-order valence-corrected chi connectivity index (χ1v) is 8.20. The Morgan fingerprint density at radius 3 is 2.35 bits per heavy atom. The molecule has 0 saturated heterocycles. The number of carbonyl (C=O) groups is 1. The molecule has 0 spiro atoms. The van der Waals surface area contributed by atoms with Crippen LogP contribution in [-0.2, 0) is 11.2 Å². The lowest BCUT2D eigenvalue weighted by molar-refractivity contribution is -0.125. The Bertz CT molecular complexity index is 604. The van der Waals surface area contributed by atoms with E-state index in [2.05, 4.69) is 33.4 Å². The number of nitrogens with one attached hydrogen (secondary N) is 1. The minimum Gasteiger partial charge on any atom is -0.355 e. The summed E-state index contributed by atoms with van der Waals surface area (Å²) in [4.78, 5) is 12.2. The van der Waals surface area contributed by atoms with Crippen molar-refractivity contribution in [2.75, 3.05) is 6.54 Å². The van der Waals surface area contributed by atoms with Gasteiger partial charge in [0.05, 0.1) is 5.92 Å². The van der Waals surface area contributed by atoms with Gasteiger partial charge in [0.2, 0.25) is 5.91 Å². The van der Waals surface area contributed by atoms with E-state index >= 15 is 0 Å². The average molecular weight is 398 g/mol. The number of hydrogen-bond donors (Lipinski definition) is 2. The highest BCUT2D eigenvalue weighted by Crippen LogP contribution is 2.19. The fraction of sp³-hybridized carbons (Fsp3) is 0.278. The largest absolute Gasteiger partial charge is 0.355 e. The molecule has 5 heteroatoms. The quantitative estimate of drug-likeness (QED) is 0.777. The van der Waals surface area contributed by atoms with Gasteiger partial charge in [-0.15, -0.1) is 12.4 Å². The third kappa shape index (κ3) is 5.98. The molecule has 0 bridgehead atoms. The van der Waals surface area contributed by atoms with Gasteiger partial charge in [-0.25, -0.2) is 0 Å². The molecule has 1 amide bonds. The normalized spacial score (nSPS) is 12.8. The molecule has 0 aliphatic heterocycles. The van der Waals surface area contributed by atoms with Crippen LogP contribution in [0.2, 0.25) is 0 Å². The third-order valence-corrected chi connectivity index (χ3v) is 4.29. The summed E-state index contributed by atoms with van der Waals surface area (Å²) in [5, 5.41) is 2.97. The maximum Gasteiger partial charge on any atom is 0.224 e. The number of hydrogen-bond acceptors (Lipinski definition) is 2. The summed E-state index contributed by atoms with van der Waals surface area (Å²) in [5.41, 5.74) is 8.35. The van der Waals surface area contributed by atoms with Crippen molar-refractivity contribution < 1.29 is 4.79 Å². The Morgan fingerprint density at radius 1 is 1.13 bits per heavy atom. The molecule has 0 aromatic heterocycles. The highest BCUT2D eigenvalue weighted by atomic mass is 79.9. The molecule has 0 saturated carbocycles. The monoisotopic (exact) mass is 396 g/mol. The molecule has 3 N–H and O–H groups in total. The second-order valence-electron chi connectivity index (χ2n) is 5.39. The molecule has 2 aromatic rings. The number of rotatable bonds is 6. The summed E-state index contributed by atoms with van der Waals surface area (Å²) in [5.74, 6) is -0.263. The molecule has 124 valence electrons. The molecule has 23 heavy (non-hydrogen) atoms. The van der Waals surface area contributed by atoms with Crippen molar-refractivity contribution in [3.05, 3.63) is 70.2 Å². The third-order valence-electron chi connectivity index (χ3n) is 3.76. The van der Waals surface area contributed by atoms with E-state index in [0.29, 0.717) is 6.54 Å². The van der Waals surface area contributed by atoms with Gasteiger partial charge in [0.15, 0.2) is 0 Å². The van der Waals surface area contributed by atoms with Crippen LogP contribution in [0.5, 0.6) is 0 Å². The maximum atomic E-state index is 12.2. The van der Waals surface area contributed by atoms with Crippen molar-refractivity contribution in [1.82, 2.24) is 5.32 Å². The maximum absolute atomic E-state index is 12.2. The Hall–Kier alpha value is -1.36. The van der Waals surface area contributed by atoms with Crippen LogP contribution in [-0.4, -0.2) is 12.5 Å². The minimum absolute atomic E-state index is 0. The summed E-state index contributed by atoms with van der Waals surface area (Å²) in [7, 11) is 0. The molecule has 2 unspecified atom stereocenters. The highest BCUT2D eigenvalue weighted by Gasteiger charge is 2.21. The fourth-order valence-corrected chi connectivity index (χ4v) is 2.53. The molecule has 0 aliphatic carbocycles. The predicted octanol–water partition coefficient (Wildman–Crippen LogP) is 3.87. The fourth-order valence-electron chi connectivity index (χ4n) is 2.27. The molecular weight excluding hydrogens is 376 g/mol. The van der Waals surface area contributed by atoms with Gasteiger partial charge in [-0.05, 0) is 29.7 Å². The summed E-state index contributed by atoms with van der Waals surface area (Å²) in [6.07, 6.45) is 0.812. The molecular formula is C18H22BrClN2O. The number of nitrogens with two attached hydrogens (primary N) is 1. The topological polar surface area (TPSA) is 55.1 Å². The molecule has 0 fully saturated rings. The van der Waals surface area contributed by atoms with Crippen molar-refractivity contribution in [1.29, 1.82) is 0 Å². The van der Waals surface area contributed by atoms with Gasteiger partial charge in [-0.1, -0.05) is 65.3 Å². The van der Waals surface area contributed by atoms with Crippen LogP contribution in [0.25, 0.3) is 0 Å². The average Bonchev–Trinajstić information content (AvgIpc) is 2.56. The van der Waals surface area contributed by atoms with E-state index in [-0.39, 0.29) is 30.3 Å². The second kappa shape index (κ2) is 9.71. The lowest BCUT2D eigenvalue weighted by atomic mass is 9.94. The summed E-state index contributed by atoms with van der Waals surface area (Å²) in [6.45, 7) is 2.49. The molecule has 0 radical (unpaired) electrons. The first-order valence-electron chi connectivity index (χ1n) is 7.40.